The monoisotopic (exact) mass is 419 g/mol. The molecule has 6 heteroatoms. The number of hydrogen-bond donors (Lipinski definition) is 1. The lowest BCUT2D eigenvalue weighted by Crippen LogP contribution is -2.86. The molecule has 2 amide bonds. The predicted molar refractivity (Wildman–Crippen MR) is 116 cm³/mol. The quantitative estimate of drug-likeness (QED) is 0.827. The molecule has 1 aliphatic carbocycles. The normalized spacial score (nSPS) is 25.1. The smallest absolute Gasteiger partial charge is 0.256 e. The third-order valence-corrected chi connectivity index (χ3v) is 7.44. The van der Waals surface area contributed by atoms with Gasteiger partial charge in [0.2, 0.25) is 5.91 Å². The van der Waals surface area contributed by atoms with Crippen LogP contribution in [0.5, 0.6) is 0 Å². The molecule has 3 heterocycles. The van der Waals surface area contributed by atoms with Gasteiger partial charge in [0.15, 0.2) is 0 Å². The van der Waals surface area contributed by atoms with Crippen LogP contribution in [0.1, 0.15) is 53.9 Å². The Morgan fingerprint density at radius 2 is 1.77 bits per heavy atom. The summed E-state index contributed by atoms with van der Waals surface area (Å²) in [4.78, 5) is 34.4. The highest BCUT2D eigenvalue weighted by Crippen LogP contribution is 2.54. The lowest BCUT2D eigenvalue weighted by Gasteiger charge is -2.70. The fourth-order valence-corrected chi connectivity index (χ4v) is 5.99. The molecule has 3 aliphatic rings. The van der Waals surface area contributed by atoms with Crippen molar-refractivity contribution in [3.63, 3.8) is 0 Å². The number of aliphatic hydroxyl groups excluding tert-OH is 1. The molecule has 1 aromatic carbocycles. The van der Waals surface area contributed by atoms with Crippen molar-refractivity contribution in [1.82, 2.24) is 14.8 Å². The van der Waals surface area contributed by atoms with Gasteiger partial charge in [0.1, 0.15) is 0 Å². The van der Waals surface area contributed by atoms with E-state index in [2.05, 4.69) is 17.1 Å². The zero-order valence-electron chi connectivity index (χ0n) is 17.7. The van der Waals surface area contributed by atoms with Crippen molar-refractivity contribution in [3.8, 4) is 0 Å². The van der Waals surface area contributed by atoms with Gasteiger partial charge in [0.25, 0.3) is 5.91 Å². The number of nitrogens with zero attached hydrogens (tertiary/aromatic N) is 3. The minimum Gasteiger partial charge on any atom is -0.394 e. The maximum atomic E-state index is 13.4. The van der Waals surface area contributed by atoms with E-state index in [1.54, 1.807) is 24.5 Å². The first-order chi connectivity index (χ1) is 15.2. The molecule has 0 radical (unpaired) electrons. The zero-order valence-corrected chi connectivity index (χ0v) is 17.7. The number of carbonyl (C=O) groups is 2. The fourth-order valence-electron chi connectivity index (χ4n) is 5.99. The van der Waals surface area contributed by atoms with Crippen molar-refractivity contribution >= 4 is 11.8 Å². The molecule has 2 aromatic rings. The molecule has 0 bridgehead atoms. The largest absolute Gasteiger partial charge is 0.394 e. The molecule has 162 valence electrons. The second kappa shape index (κ2) is 8.08. The summed E-state index contributed by atoms with van der Waals surface area (Å²) >= 11 is 0. The summed E-state index contributed by atoms with van der Waals surface area (Å²) in [5.41, 5.74) is 1.16. The van der Waals surface area contributed by atoms with E-state index in [1.165, 1.54) is 6.42 Å². The summed E-state index contributed by atoms with van der Waals surface area (Å²) in [6.07, 6.45) is 8.64. The number of amides is 2. The Hall–Kier alpha value is -2.73. The first kappa shape index (κ1) is 20.2. The van der Waals surface area contributed by atoms with Crippen LogP contribution >= 0.6 is 0 Å². The molecule has 1 N–H and O–H groups in total. The average Bonchev–Trinajstić information content (AvgIpc) is 2.79. The molecule has 31 heavy (non-hydrogen) atoms. The molecular weight excluding hydrogens is 390 g/mol. The number of aliphatic hydroxyl groups is 1. The molecule has 5 rings (SSSR count). The third-order valence-electron chi connectivity index (χ3n) is 7.44. The summed E-state index contributed by atoms with van der Waals surface area (Å²) in [5.74, 6) is 0.245. The third kappa shape index (κ3) is 3.24. The summed E-state index contributed by atoms with van der Waals surface area (Å²) in [7, 11) is 0. The van der Waals surface area contributed by atoms with Gasteiger partial charge >= 0.3 is 0 Å². The van der Waals surface area contributed by atoms with Crippen LogP contribution in [-0.2, 0) is 4.79 Å². The summed E-state index contributed by atoms with van der Waals surface area (Å²) < 4.78 is 0. The van der Waals surface area contributed by atoms with Crippen molar-refractivity contribution < 1.29 is 14.7 Å². The predicted octanol–water partition coefficient (Wildman–Crippen LogP) is 2.84. The molecule has 2 saturated heterocycles. The van der Waals surface area contributed by atoms with Crippen LogP contribution < -0.4 is 0 Å². The number of benzene rings is 1. The van der Waals surface area contributed by atoms with Crippen LogP contribution in [0.15, 0.2) is 54.9 Å². The topological polar surface area (TPSA) is 73.7 Å². The highest BCUT2D eigenvalue weighted by molar-refractivity contribution is 5.96. The molecule has 1 saturated carbocycles. The molecule has 6 nitrogen and oxygen atoms in total. The van der Waals surface area contributed by atoms with E-state index >= 15 is 0 Å². The SMILES string of the molecule is O=C(C1CCCCC1)N1CC2(C1)[C@@H](c1ccccc1)[C@@H](CO)N2C(=O)c1cccnc1. The van der Waals surface area contributed by atoms with E-state index in [-0.39, 0.29) is 36.3 Å². The van der Waals surface area contributed by atoms with E-state index in [1.807, 2.05) is 28.0 Å². The van der Waals surface area contributed by atoms with Crippen LogP contribution in [0.25, 0.3) is 0 Å². The Morgan fingerprint density at radius 3 is 2.42 bits per heavy atom. The minimum atomic E-state index is -0.466. The van der Waals surface area contributed by atoms with Crippen molar-refractivity contribution in [2.75, 3.05) is 19.7 Å². The van der Waals surface area contributed by atoms with Gasteiger partial charge in [0, 0.05) is 37.3 Å². The van der Waals surface area contributed by atoms with Gasteiger partial charge < -0.3 is 14.9 Å². The number of pyridine rings is 1. The van der Waals surface area contributed by atoms with Crippen LogP contribution in [0, 0.1) is 5.92 Å². The van der Waals surface area contributed by atoms with Gasteiger partial charge in [-0.3, -0.25) is 14.6 Å². The highest BCUT2D eigenvalue weighted by atomic mass is 16.3. The van der Waals surface area contributed by atoms with Gasteiger partial charge in [-0.25, -0.2) is 0 Å². The molecule has 0 unspecified atom stereocenters. The maximum absolute atomic E-state index is 13.4. The standard InChI is InChI=1S/C25H29N3O3/c29-15-21-22(18-8-3-1-4-9-18)25(28(21)24(31)20-12-7-13-26-14-20)16-27(17-25)23(30)19-10-5-2-6-11-19/h1,3-4,7-9,12-14,19,21-22,29H,2,5-6,10-11,15-17H2/t21-,22+/m1/s1. The molecule has 1 aromatic heterocycles. The average molecular weight is 420 g/mol. The van der Waals surface area contributed by atoms with Crippen molar-refractivity contribution in [3.05, 3.63) is 66.0 Å². The first-order valence-electron chi connectivity index (χ1n) is 11.3. The Balaban J connectivity index is 1.43. The lowest BCUT2D eigenvalue weighted by atomic mass is 9.60. The van der Waals surface area contributed by atoms with Crippen molar-refractivity contribution in [1.29, 1.82) is 0 Å². The highest BCUT2D eigenvalue weighted by Gasteiger charge is 2.68. The first-order valence-corrected chi connectivity index (χ1v) is 11.3. The Labute approximate surface area is 182 Å². The van der Waals surface area contributed by atoms with E-state index in [9.17, 15) is 14.7 Å². The Kier molecular flexibility index (Phi) is 5.26. The van der Waals surface area contributed by atoms with Gasteiger partial charge in [-0.05, 0) is 30.5 Å². The number of rotatable bonds is 4. The lowest BCUT2D eigenvalue weighted by molar-refractivity contribution is -0.182. The van der Waals surface area contributed by atoms with Crippen molar-refractivity contribution in [2.45, 2.75) is 49.6 Å². The number of carbonyl (C=O) groups excluding carboxylic acids is 2. The summed E-state index contributed by atoms with van der Waals surface area (Å²) in [6, 6.07) is 13.3. The summed E-state index contributed by atoms with van der Waals surface area (Å²) in [6.45, 7) is 0.957. The Morgan fingerprint density at radius 1 is 1.03 bits per heavy atom. The van der Waals surface area contributed by atoms with Gasteiger partial charge in [-0.2, -0.15) is 0 Å². The molecule has 2 atom stereocenters. The van der Waals surface area contributed by atoms with E-state index in [4.69, 9.17) is 0 Å². The van der Waals surface area contributed by atoms with Crippen LogP contribution in [0.3, 0.4) is 0 Å². The van der Waals surface area contributed by atoms with Gasteiger partial charge in [-0.1, -0.05) is 49.6 Å². The minimum absolute atomic E-state index is 0.00901. The van der Waals surface area contributed by atoms with E-state index < -0.39 is 5.54 Å². The Bertz CT molecular complexity index is 937. The van der Waals surface area contributed by atoms with Gasteiger partial charge in [0.05, 0.1) is 23.8 Å². The van der Waals surface area contributed by atoms with E-state index in [0.717, 1.165) is 31.2 Å². The molecule has 1 spiro atoms. The second-order valence-corrected chi connectivity index (χ2v) is 9.19. The molecule has 2 aliphatic heterocycles. The van der Waals surface area contributed by atoms with Crippen LogP contribution in [0.4, 0.5) is 0 Å². The van der Waals surface area contributed by atoms with Crippen molar-refractivity contribution in [2.24, 2.45) is 5.92 Å². The molecule has 3 fully saturated rings. The number of aromatic nitrogens is 1. The number of likely N-dealkylation sites (tertiary alicyclic amines) is 2. The number of hydrogen-bond acceptors (Lipinski definition) is 4. The second-order valence-electron chi connectivity index (χ2n) is 9.19. The van der Waals surface area contributed by atoms with Gasteiger partial charge in [-0.15, -0.1) is 0 Å². The summed E-state index contributed by atoms with van der Waals surface area (Å²) in [5, 5.41) is 10.2. The fraction of sp³-hybridized carbons (Fsp3) is 0.480. The zero-order chi connectivity index (χ0) is 21.4. The van der Waals surface area contributed by atoms with Crippen LogP contribution in [0.2, 0.25) is 0 Å². The maximum Gasteiger partial charge on any atom is 0.256 e. The van der Waals surface area contributed by atoms with Crippen LogP contribution in [-0.4, -0.2) is 63.0 Å². The van der Waals surface area contributed by atoms with E-state index in [0.29, 0.717) is 18.7 Å². The molecular formula is C25H29N3O3.